The zero-order chi connectivity index (χ0) is 29.8. The number of benzene rings is 2. The Bertz CT molecular complexity index is 2030. The quantitative estimate of drug-likeness (QED) is 0.206. The summed E-state index contributed by atoms with van der Waals surface area (Å²) in [5.41, 5.74) is 3.23. The number of halogens is 3. The van der Waals surface area contributed by atoms with Crippen molar-refractivity contribution in [2.75, 3.05) is 0 Å². The number of hydrogen-bond acceptors (Lipinski definition) is 8. The van der Waals surface area contributed by atoms with Crippen LogP contribution in [-0.4, -0.2) is 45.7 Å². The fraction of sp³-hybridized carbons (Fsp3) is 0.0769. The van der Waals surface area contributed by atoms with Gasteiger partial charge in [0, 0.05) is 44.4 Å². The van der Waals surface area contributed by atoms with Crippen molar-refractivity contribution < 1.29 is 16.8 Å². The Hall–Kier alpha value is -3.17. The maximum atomic E-state index is 12.7. The Morgan fingerprint density at radius 1 is 0.756 bits per heavy atom. The van der Waals surface area contributed by atoms with Crippen molar-refractivity contribution in [1.82, 2.24) is 28.9 Å². The van der Waals surface area contributed by atoms with Crippen LogP contribution < -0.4 is 0 Å². The van der Waals surface area contributed by atoms with Crippen LogP contribution in [0.2, 0.25) is 0 Å². The van der Waals surface area contributed by atoms with Crippen molar-refractivity contribution in [3.63, 3.8) is 0 Å². The molecule has 0 saturated heterocycles. The topological polar surface area (TPSA) is 141 Å². The lowest BCUT2D eigenvalue weighted by molar-refractivity contribution is 0.588. The van der Waals surface area contributed by atoms with E-state index >= 15 is 0 Å². The fourth-order valence-corrected chi connectivity index (χ4v) is 6.56. The summed E-state index contributed by atoms with van der Waals surface area (Å²) >= 11 is 6.68. The first kappa shape index (κ1) is 30.8. The number of aromatic nitrogens is 6. The summed E-state index contributed by atoms with van der Waals surface area (Å²) in [4.78, 5) is 19.2. The largest absolute Gasteiger partial charge is 0.345 e. The molecule has 212 valence electrons. The molecule has 4 aromatic heterocycles. The Morgan fingerprint density at radius 3 is 1.85 bits per heavy atom. The average molecular weight is 741 g/mol. The molecule has 6 aromatic rings. The molecule has 0 aliphatic heterocycles. The number of nitrogens with one attached hydrogen (secondary N) is 1. The van der Waals surface area contributed by atoms with Crippen LogP contribution in [0.3, 0.4) is 0 Å². The molecule has 0 amide bonds. The minimum atomic E-state index is -3.67. The van der Waals surface area contributed by atoms with Gasteiger partial charge < -0.3 is 4.98 Å². The Kier molecular flexibility index (Phi) is 9.59. The Labute approximate surface area is 257 Å². The third-order valence-corrected chi connectivity index (χ3v) is 9.90. The molecule has 41 heavy (non-hydrogen) atoms. The summed E-state index contributed by atoms with van der Waals surface area (Å²) in [6.45, 7) is 3.79. The first-order chi connectivity index (χ1) is 19.4. The molecular weight excluding hydrogens is 720 g/mol. The molecule has 2 aromatic carbocycles. The predicted octanol–water partition coefficient (Wildman–Crippen LogP) is 6.38. The second-order valence-electron chi connectivity index (χ2n) is 8.52. The molecule has 15 heteroatoms. The highest BCUT2D eigenvalue weighted by atomic mass is 79.9. The maximum Gasteiger partial charge on any atom is 0.269 e. The minimum Gasteiger partial charge on any atom is -0.345 e. The molecule has 0 aliphatic rings. The van der Waals surface area contributed by atoms with E-state index in [4.69, 9.17) is 10.7 Å². The molecule has 0 atom stereocenters. The lowest BCUT2D eigenvalue weighted by Crippen LogP contribution is -2.12. The van der Waals surface area contributed by atoms with Crippen molar-refractivity contribution in [1.29, 1.82) is 0 Å². The number of aryl methyl sites for hydroxylation is 2. The summed E-state index contributed by atoms with van der Waals surface area (Å²) in [6, 6.07) is 13.1. The summed E-state index contributed by atoms with van der Waals surface area (Å²) < 4.78 is 49.5. The van der Waals surface area contributed by atoms with Gasteiger partial charge in [0.2, 0.25) is 0 Å². The first-order valence-electron chi connectivity index (χ1n) is 11.6. The number of H-pyrrole nitrogens is 1. The molecule has 0 aliphatic carbocycles. The van der Waals surface area contributed by atoms with Crippen LogP contribution in [0.15, 0.2) is 105 Å². The third kappa shape index (κ3) is 7.38. The molecule has 1 N–H and O–H groups in total. The van der Waals surface area contributed by atoms with Crippen molar-refractivity contribution in [2.24, 2.45) is 0 Å². The summed E-state index contributed by atoms with van der Waals surface area (Å²) in [5.74, 6) is 0. The number of fused-ring (bicyclic) bond motifs is 2. The van der Waals surface area contributed by atoms with E-state index in [0.29, 0.717) is 15.5 Å². The molecule has 6 rings (SSSR count). The molecule has 0 spiro atoms. The van der Waals surface area contributed by atoms with E-state index in [1.807, 2.05) is 20.0 Å². The Balaban J connectivity index is 0.000000156. The highest BCUT2D eigenvalue weighted by molar-refractivity contribution is 9.11. The zero-order valence-corrected chi connectivity index (χ0v) is 27.0. The van der Waals surface area contributed by atoms with Crippen LogP contribution in [0, 0.1) is 13.8 Å². The van der Waals surface area contributed by atoms with Crippen molar-refractivity contribution in [3.8, 4) is 0 Å². The van der Waals surface area contributed by atoms with Crippen molar-refractivity contribution in [2.45, 2.75) is 23.6 Å². The van der Waals surface area contributed by atoms with E-state index in [9.17, 15) is 16.8 Å². The number of hydrogen-bond donors (Lipinski definition) is 1. The third-order valence-electron chi connectivity index (χ3n) is 5.57. The van der Waals surface area contributed by atoms with Gasteiger partial charge >= 0.3 is 0 Å². The summed E-state index contributed by atoms with van der Waals surface area (Å²) in [7, 11) is -2.13. The Morgan fingerprint density at radius 2 is 1.29 bits per heavy atom. The van der Waals surface area contributed by atoms with E-state index in [-0.39, 0.29) is 9.79 Å². The van der Waals surface area contributed by atoms with E-state index in [1.54, 1.807) is 48.8 Å². The molecule has 0 fully saturated rings. The molecule has 4 heterocycles. The number of nitrogens with zero attached hydrogens (tertiary/aromatic N) is 5. The fourth-order valence-electron chi connectivity index (χ4n) is 3.44. The zero-order valence-electron chi connectivity index (χ0n) is 21.4. The van der Waals surface area contributed by atoms with E-state index in [1.165, 1.54) is 35.0 Å². The van der Waals surface area contributed by atoms with E-state index in [2.05, 4.69) is 56.8 Å². The van der Waals surface area contributed by atoms with Crippen LogP contribution in [0.5, 0.6) is 0 Å². The van der Waals surface area contributed by atoms with Gasteiger partial charge in [-0.25, -0.2) is 40.7 Å². The van der Waals surface area contributed by atoms with Gasteiger partial charge in [-0.15, -0.1) is 0 Å². The van der Waals surface area contributed by atoms with Gasteiger partial charge in [-0.2, -0.15) is 0 Å². The predicted molar refractivity (Wildman–Crippen MR) is 165 cm³/mol. The maximum absolute atomic E-state index is 12.7. The second-order valence-corrected chi connectivity index (χ2v) is 14.6. The standard InChI is InChI=1S/C13H10BrN3O2S.C7H7ClO2S.C6H4BrN3/c1-9-2-4-10(5-3-9)20(18,19)17-7-12(14)11-6-15-8-16-13(11)17;1-6-2-4-7(5-3-6)11(8,9)10;7-5-2-9-6-4(5)1-8-3-10-6/h2-8H,1H3;2-5H,1H3;1-3H,(H,8,9,10). The van der Waals surface area contributed by atoms with Gasteiger partial charge in [0.1, 0.15) is 18.3 Å². The monoisotopic (exact) mass is 738 g/mol. The lowest BCUT2D eigenvalue weighted by Gasteiger charge is -2.06. The minimum absolute atomic E-state index is 0.143. The van der Waals surface area contributed by atoms with E-state index < -0.39 is 19.1 Å². The summed E-state index contributed by atoms with van der Waals surface area (Å²) in [5, 5.41) is 1.67. The highest BCUT2D eigenvalue weighted by Crippen LogP contribution is 2.27. The molecular formula is C26H21Br2ClN6O4S2. The van der Waals surface area contributed by atoms with Gasteiger partial charge in [-0.3, -0.25) is 0 Å². The van der Waals surface area contributed by atoms with Crippen LogP contribution >= 0.6 is 42.5 Å². The molecule has 0 bridgehead atoms. The van der Waals surface area contributed by atoms with Crippen molar-refractivity contribution >= 4 is 83.7 Å². The van der Waals surface area contributed by atoms with Gasteiger partial charge in [0.15, 0.2) is 5.65 Å². The van der Waals surface area contributed by atoms with Gasteiger partial charge in [-0.05, 0) is 70.0 Å². The van der Waals surface area contributed by atoms with Gasteiger partial charge in [0.25, 0.3) is 19.1 Å². The van der Waals surface area contributed by atoms with Crippen LogP contribution in [0.4, 0.5) is 0 Å². The lowest BCUT2D eigenvalue weighted by atomic mass is 10.2. The van der Waals surface area contributed by atoms with Gasteiger partial charge in [0.05, 0.1) is 20.6 Å². The molecule has 0 unspecified atom stereocenters. The first-order valence-corrected chi connectivity index (χ1v) is 16.9. The SMILES string of the molecule is Brc1c[nH]c2ncncc12.Cc1ccc(S(=O)(=O)Cl)cc1.Cc1ccc(S(=O)(=O)n2cc(Br)c3cncnc32)cc1. The van der Waals surface area contributed by atoms with E-state index in [0.717, 1.165) is 26.6 Å². The number of aromatic amines is 1. The average Bonchev–Trinajstić information content (AvgIpc) is 3.50. The smallest absolute Gasteiger partial charge is 0.269 e. The van der Waals surface area contributed by atoms with Crippen LogP contribution in [-0.2, 0) is 19.1 Å². The summed E-state index contributed by atoms with van der Waals surface area (Å²) in [6.07, 6.45) is 9.53. The van der Waals surface area contributed by atoms with Crippen LogP contribution in [0.1, 0.15) is 11.1 Å². The normalized spacial score (nSPS) is 11.4. The second kappa shape index (κ2) is 12.8. The molecule has 10 nitrogen and oxygen atoms in total. The number of rotatable bonds is 3. The molecule has 0 radical (unpaired) electrons. The van der Waals surface area contributed by atoms with Crippen molar-refractivity contribution in [3.05, 3.63) is 106 Å². The highest BCUT2D eigenvalue weighted by Gasteiger charge is 2.21. The molecule has 0 saturated carbocycles. The van der Waals surface area contributed by atoms with Crippen LogP contribution in [0.25, 0.3) is 22.1 Å². The van der Waals surface area contributed by atoms with Gasteiger partial charge in [-0.1, -0.05) is 35.4 Å².